The fraction of sp³-hybridized carbons (Fsp3) is 0.0606. The standard InChI is InChI=1S/C33H27ClN10O19S6/c34-31-38-32(36-17-1-6-20(7-2-17)64(46,47)12-11-63-69(60,61)62)40-33(39-31)37-19-5-10-23(66(51,52)53)22(15-19)42-44-29-25(68(57,58)59)14-16-13-24(67(54,55)56)28(27(35)26(16)30(29)45)43-41-18-3-8-21(9-4-18)65(48,49)50/h1-10,13-15,45H,11-12,35H2,(H,48,49,50)(H,51,52,53)(H,54,55,56)(H,57,58,59)(H,60,61,62)(H2,36,37,38,39,40). The molecule has 0 amide bonds. The zero-order valence-electron chi connectivity index (χ0n) is 33.4. The van der Waals surface area contributed by atoms with E-state index in [9.17, 15) is 73.8 Å². The van der Waals surface area contributed by atoms with Crippen molar-refractivity contribution in [3.05, 3.63) is 84.1 Å². The number of phenolic OH excluding ortho intramolecular Hbond substituents is 1. The number of rotatable bonds is 17. The first-order chi connectivity index (χ1) is 31.8. The normalized spacial score (nSPS) is 13.1. The Hall–Kier alpha value is -6.48. The van der Waals surface area contributed by atoms with Gasteiger partial charge in [0.1, 0.15) is 31.7 Å². The highest BCUT2D eigenvalue weighted by molar-refractivity contribution is 7.91. The van der Waals surface area contributed by atoms with Crippen LogP contribution < -0.4 is 16.4 Å². The van der Waals surface area contributed by atoms with Crippen LogP contribution in [-0.2, 0) is 64.9 Å². The van der Waals surface area contributed by atoms with Crippen molar-refractivity contribution in [3.63, 3.8) is 0 Å². The van der Waals surface area contributed by atoms with E-state index in [0.717, 1.165) is 54.6 Å². The van der Waals surface area contributed by atoms with E-state index in [1.807, 2.05) is 0 Å². The van der Waals surface area contributed by atoms with Gasteiger partial charge in [-0.2, -0.15) is 62.2 Å². The van der Waals surface area contributed by atoms with Crippen LogP contribution in [0.1, 0.15) is 0 Å². The minimum absolute atomic E-state index is 0.139. The highest BCUT2D eigenvalue weighted by Gasteiger charge is 2.29. The number of nitrogen functional groups attached to an aromatic ring is 1. The largest absolute Gasteiger partial charge is 0.505 e. The van der Waals surface area contributed by atoms with Crippen molar-refractivity contribution in [2.45, 2.75) is 24.5 Å². The molecule has 29 nitrogen and oxygen atoms in total. The second kappa shape index (κ2) is 19.1. The number of hydrogen-bond donors (Lipinski definition) is 9. The molecule has 0 radical (unpaired) electrons. The molecule has 0 saturated heterocycles. The number of azo groups is 2. The van der Waals surface area contributed by atoms with E-state index in [2.05, 4.69) is 50.2 Å². The molecule has 0 aliphatic carbocycles. The highest BCUT2D eigenvalue weighted by atomic mass is 35.5. The van der Waals surface area contributed by atoms with Gasteiger partial charge in [-0.1, -0.05) is 0 Å². The van der Waals surface area contributed by atoms with Crippen molar-refractivity contribution in [2.24, 2.45) is 20.5 Å². The summed E-state index contributed by atoms with van der Waals surface area (Å²) in [5.74, 6) is -2.67. The summed E-state index contributed by atoms with van der Waals surface area (Å²) in [6.45, 7) is -0.865. The first-order valence-corrected chi connectivity index (χ1v) is 27.0. The van der Waals surface area contributed by atoms with Crippen molar-refractivity contribution < 1.29 is 82.6 Å². The van der Waals surface area contributed by atoms with Crippen molar-refractivity contribution in [3.8, 4) is 5.75 Å². The van der Waals surface area contributed by atoms with Crippen LogP contribution in [0.5, 0.6) is 5.75 Å². The number of aromatic hydroxyl groups is 1. The van der Waals surface area contributed by atoms with Crippen molar-refractivity contribution in [2.75, 3.05) is 28.7 Å². The predicted octanol–water partition coefficient (Wildman–Crippen LogP) is 4.86. The molecule has 1 heterocycles. The third-order valence-electron chi connectivity index (χ3n) is 8.68. The lowest BCUT2D eigenvalue weighted by Gasteiger charge is -2.14. The first kappa shape index (κ1) is 51.9. The van der Waals surface area contributed by atoms with Gasteiger partial charge >= 0.3 is 10.4 Å². The summed E-state index contributed by atoms with van der Waals surface area (Å²) in [6.07, 6.45) is 0. The van der Waals surface area contributed by atoms with Crippen molar-refractivity contribution >= 4 is 135 Å². The number of sulfone groups is 1. The Morgan fingerprint density at radius 1 is 0.580 bits per heavy atom. The van der Waals surface area contributed by atoms with E-state index in [-0.39, 0.29) is 33.9 Å². The Kier molecular flexibility index (Phi) is 14.4. The number of aromatic nitrogens is 3. The van der Waals surface area contributed by atoms with Gasteiger partial charge in [0.2, 0.25) is 17.2 Å². The molecule has 0 aliphatic heterocycles. The Balaban J connectivity index is 1.37. The molecule has 1 aromatic heterocycles. The van der Waals surface area contributed by atoms with Gasteiger partial charge in [-0.05, 0) is 95.8 Å². The third-order valence-corrected chi connectivity index (χ3v) is 14.5. The average molecular weight is 1100 g/mol. The van der Waals surface area contributed by atoms with Crippen LogP contribution in [0, 0.1) is 0 Å². The fourth-order valence-corrected chi connectivity index (χ4v) is 9.79. The average Bonchev–Trinajstić information content (AvgIpc) is 3.21. The Morgan fingerprint density at radius 2 is 1.09 bits per heavy atom. The number of phenols is 1. The number of nitrogens with two attached hydrogens (primary N) is 1. The van der Waals surface area contributed by atoms with E-state index in [0.29, 0.717) is 12.1 Å². The predicted molar refractivity (Wildman–Crippen MR) is 238 cm³/mol. The maximum absolute atomic E-state index is 12.6. The molecule has 5 aromatic carbocycles. The van der Waals surface area contributed by atoms with Gasteiger partial charge in [0.05, 0.1) is 38.9 Å². The molecule has 0 spiro atoms. The van der Waals surface area contributed by atoms with E-state index in [1.54, 1.807) is 0 Å². The summed E-state index contributed by atoms with van der Waals surface area (Å²) >= 11 is 6.08. The van der Waals surface area contributed by atoms with Crippen molar-refractivity contribution in [1.29, 1.82) is 0 Å². The molecule has 36 heteroatoms. The topological polar surface area (TPSA) is 474 Å². The Morgan fingerprint density at radius 3 is 1.62 bits per heavy atom. The molecule has 10 N–H and O–H groups in total. The minimum atomic E-state index is -5.47. The van der Waals surface area contributed by atoms with Crippen LogP contribution in [0.2, 0.25) is 5.28 Å². The molecular weight excluding hydrogens is 1070 g/mol. The number of hydrogen-bond acceptors (Lipinski definition) is 24. The van der Waals surface area contributed by atoms with Gasteiger partial charge in [-0.25, -0.2) is 12.6 Å². The summed E-state index contributed by atoms with van der Waals surface area (Å²) in [7, 11) is -29.5. The van der Waals surface area contributed by atoms with Crippen LogP contribution in [0.4, 0.5) is 51.7 Å². The second-order valence-electron chi connectivity index (χ2n) is 13.4. The van der Waals surface area contributed by atoms with Gasteiger partial charge in [-0.15, -0.1) is 15.3 Å². The first-order valence-electron chi connectivity index (χ1n) is 17.8. The number of fused-ring (bicyclic) bond motifs is 1. The zero-order valence-corrected chi connectivity index (χ0v) is 39.1. The maximum Gasteiger partial charge on any atom is 0.397 e. The quantitative estimate of drug-likeness (QED) is 0.0334. The fourth-order valence-electron chi connectivity index (χ4n) is 5.72. The second-order valence-corrected chi connectivity index (χ2v) is 22.5. The maximum atomic E-state index is 12.6. The molecule has 0 unspecified atom stereocenters. The number of nitrogens with zero attached hydrogens (tertiary/aromatic N) is 7. The van der Waals surface area contributed by atoms with E-state index in [4.69, 9.17) is 21.9 Å². The molecule has 0 saturated carbocycles. The summed E-state index contributed by atoms with van der Waals surface area (Å²) in [4.78, 5) is 7.73. The molecule has 6 aromatic rings. The van der Waals surface area contributed by atoms with E-state index in [1.165, 1.54) is 12.1 Å². The molecule has 0 fully saturated rings. The Bertz CT molecular complexity index is 3830. The monoisotopic (exact) mass is 1090 g/mol. The van der Waals surface area contributed by atoms with Crippen molar-refractivity contribution in [1.82, 2.24) is 15.0 Å². The molecule has 366 valence electrons. The summed E-state index contributed by atoms with van der Waals surface area (Å²) in [5, 5.41) is 29.9. The summed E-state index contributed by atoms with van der Waals surface area (Å²) in [6, 6.07) is 12.5. The van der Waals surface area contributed by atoms with Gasteiger partial charge in [0.15, 0.2) is 15.6 Å². The summed E-state index contributed by atoms with van der Waals surface area (Å²) < 4.78 is 197. The molecule has 6 rings (SSSR count). The van der Waals surface area contributed by atoms with Gasteiger partial charge in [0, 0.05) is 11.4 Å². The van der Waals surface area contributed by atoms with Crippen LogP contribution >= 0.6 is 11.6 Å². The molecule has 0 bridgehead atoms. The lowest BCUT2D eigenvalue weighted by molar-refractivity contribution is 0.284. The van der Waals surface area contributed by atoms with Gasteiger partial charge in [0.25, 0.3) is 40.5 Å². The van der Waals surface area contributed by atoms with Crippen LogP contribution in [0.15, 0.2) is 124 Å². The molecule has 69 heavy (non-hydrogen) atoms. The SMILES string of the molecule is Nc1c(N=Nc2ccc(S(=O)(=O)O)cc2)c(S(=O)(=O)O)cc2cc(S(=O)(=O)O)c(N=Nc3cc(Nc4nc(Cl)nc(Nc5ccc(S(=O)(=O)CCOS(=O)(=O)O)cc5)n4)ccc3S(=O)(=O)O)c(O)c12. The third kappa shape index (κ3) is 12.8. The molecular formula is C33H27ClN10O19S6. The summed E-state index contributed by atoms with van der Waals surface area (Å²) in [5.41, 5.74) is 2.44. The lowest BCUT2D eigenvalue weighted by atomic mass is 10.1. The minimum Gasteiger partial charge on any atom is -0.505 e. The molecule has 0 aliphatic rings. The number of halogens is 1. The smallest absolute Gasteiger partial charge is 0.397 e. The highest BCUT2D eigenvalue weighted by Crippen LogP contribution is 2.48. The number of nitrogens with one attached hydrogen (secondary N) is 2. The lowest BCUT2D eigenvalue weighted by Crippen LogP contribution is -2.15. The van der Waals surface area contributed by atoms with Gasteiger partial charge in [-0.3, -0.25) is 22.8 Å². The Labute approximate surface area is 393 Å². The zero-order chi connectivity index (χ0) is 51.1. The van der Waals surface area contributed by atoms with Crippen LogP contribution in [-0.4, -0.2) is 106 Å². The van der Waals surface area contributed by atoms with Crippen LogP contribution in [0.3, 0.4) is 0 Å². The number of anilines is 5. The van der Waals surface area contributed by atoms with Crippen LogP contribution in [0.25, 0.3) is 10.8 Å². The van der Waals surface area contributed by atoms with E-state index >= 15 is 0 Å². The van der Waals surface area contributed by atoms with E-state index < -0.39 is 137 Å². The van der Waals surface area contributed by atoms with Gasteiger partial charge < -0.3 is 21.5 Å². The molecule has 0 atom stereocenters. The number of benzene rings is 5.